The second-order valence-corrected chi connectivity index (χ2v) is 7.66. The number of methoxy groups -OCH3 is 2. The van der Waals surface area contributed by atoms with E-state index in [1.165, 1.54) is 28.7 Å². The molecule has 0 atom stereocenters. The number of hydrogen-bond acceptors (Lipinski definition) is 6. The number of ether oxygens (including phenoxy) is 2. The van der Waals surface area contributed by atoms with Crippen molar-refractivity contribution in [1.29, 1.82) is 0 Å². The molecule has 0 saturated heterocycles. The van der Waals surface area contributed by atoms with Gasteiger partial charge in [-0.1, -0.05) is 17.7 Å². The van der Waals surface area contributed by atoms with Crippen LogP contribution < -0.4 is 14.8 Å². The van der Waals surface area contributed by atoms with Gasteiger partial charge < -0.3 is 14.8 Å². The van der Waals surface area contributed by atoms with E-state index in [1.807, 2.05) is 54.8 Å². The van der Waals surface area contributed by atoms with Crippen molar-refractivity contribution in [1.82, 2.24) is 4.98 Å². The molecule has 2 aromatic carbocycles. The van der Waals surface area contributed by atoms with E-state index in [2.05, 4.69) is 10.3 Å². The van der Waals surface area contributed by atoms with Crippen molar-refractivity contribution in [2.24, 2.45) is 0 Å². The van der Waals surface area contributed by atoms with Crippen molar-refractivity contribution < 1.29 is 14.3 Å². The maximum Gasteiger partial charge on any atom is 0.236 e. The molecule has 1 N–H and O–H groups in total. The second-order valence-electron chi connectivity index (χ2n) is 5.75. The first-order valence-electron chi connectivity index (χ1n) is 8.26. The zero-order chi connectivity index (χ0) is 19.2. The van der Waals surface area contributed by atoms with E-state index in [-0.39, 0.29) is 5.91 Å². The molecule has 0 radical (unpaired) electrons. The number of aromatic nitrogens is 1. The molecule has 1 amide bonds. The van der Waals surface area contributed by atoms with E-state index >= 15 is 0 Å². The molecule has 3 rings (SSSR count). The standard InChI is InChI=1S/C20H20N2O3S2/c1-13-4-7-15(8-5-13)26-12-19(23)22-20-21-17(11-27-20)16-10-14(24-2)6-9-18(16)25-3/h4-11H,12H2,1-3H3,(H,21,22,23). The van der Waals surface area contributed by atoms with Crippen LogP contribution in [0, 0.1) is 6.92 Å². The van der Waals surface area contributed by atoms with Gasteiger partial charge in [0.15, 0.2) is 5.13 Å². The van der Waals surface area contributed by atoms with Crippen LogP contribution >= 0.6 is 23.1 Å². The van der Waals surface area contributed by atoms with Crippen molar-refractivity contribution in [3.63, 3.8) is 0 Å². The van der Waals surface area contributed by atoms with Crippen LogP contribution in [0.25, 0.3) is 11.3 Å². The topological polar surface area (TPSA) is 60.5 Å². The van der Waals surface area contributed by atoms with Crippen molar-refractivity contribution in [3.05, 3.63) is 53.4 Å². The molecule has 7 heteroatoms. The summed E-state index contributed by atoms with van der Waals surface area (Å²) in [5, 5.41) is 5.30. The van der Waals surface area contributed by atoms with Gasteiger partial charge in [0, 0.05) is 15.8 Å². The molecule has 140 valence electrons. The molecular formula is C20H20N2O3S2. The van der Waals surface area contributed by atoms with Crippen LogP contribution in [-0.4, -0.2) is 30.9 Å². The Kier molecular flexibility index (Phi) is 6.36. The summed E-state index contributed by atoms with van der Waals surface area (Å²) in [6, 6.07) is 13.6. The molecule has 0 aliphatic heterocycles. The molecule has 0 fully saturated rings. The Morgan fingerprint density at radius 2 is 1.93 bits per heavy atom. The molecule has 0 aliphatic rings. The molecule has 3 aromatic rings. The van der Waals surface area contributed by atoms with Crippen LogP contribution in [0.4, 0.5) is 5.13 Å². The minimum atomic E-state index is -0.0842. The Morgan fingerprint density at radius 1 is 1.15 bits per heavy atom. The summed E-state index contributed by atoms with van der Waals surface area (Å²) in [5.41, 5.74) is 2.76. The first kappa shape index (κ1) is 19.3. The van der Waals surface area contributed by atoms with Crippen LogP contribution in [0.3, 0.4) is 0 Å². The summed E-state index contributed by atoms with van der Waals surface area (Å²) in [6.07, 6.45) is 0. The van der Waals surface area contributed by atoms with Gasteiger partial charge in [0.1, 0.15) is 11.5 Å². The molecule has 0 bridgehead atoms. The number of thioether (sulfide) groups is 1. The summed E-state index contributed by atoms with van der Waals surface area (Å²) in [4.78, 5) is 17.8. The van der Waals surface area contributed by atoms with Gasteiger partial charge in [0.2, 0.25) is 5.91 Å². The third-order valence-electron chi connectivity index (χ3n) is 3.82. The minimum Gasteiger partial charge on any atom is -0.497 e. The Hall–Kier alpha value is -2.51. The van der Waals surface area contributed by atoms with E-state index in [9.17, 15) is 4.79 Å². The lowest BCUT2D eigenvalue weighted by molar-refractivity contribution is -0.113. The van der Waals surface area contributed by atoms with Crippen LogP contribution in [0.15, 0.2) is 52.7 Å². The molecule has 5 nitrogen and oxygen atoms in total. The van der Waals surface area contributed by atoms with Crippen LogP contribution in [-0.2, 0) is 4.79 Å². The number of carbonyl (C=O) groups is 1. The van der Waals surface area contributed by atoms with Gasteiger partial charge in [0.05, 0.1) is 25.7 Å². The number of nitrogens with zero attached hydrogens (tertiary/aromatic N) is 1. The van der Waals surface area contributed by atoms with Gasteiger partial charge >= 0.3 is 0 Å². The number of hydrogen-bond donors (Lipinski definition) is 1. The molecule has 0 aliphatic carbocycles. The fraction of sp³-hybridized carbons (Fsp3) is 0.200. The van der Waals surface area contributed by atoms with Crippen LogP contribution in [0.5, 0.6) is 11.5 Å². The molecular weight excluding hydrogens is 380 g/mol. The zero-order valence-corrected chi connectivity index (χ0v) is 16.9. The highest BCUT2D eigenvalue weighted by molar-refractivity contribution is 8.00. The predicted octanol–water partition coefficient (Wildman–Crippen LogP) is 4.87. The lowest BCUT2D eigenvalue weighted by Crippen LogP contribution is -2.13. The molecule has 0 saturated carbocycles. The fourth-order valence-corrected chi connectivity index (χ4v) is 3.83. The van der Waals surface area contributed by atoms with Gasteiger partial charge in [-0.05, 0) is 37.3 Å². The van der Waals surface area contributed by atoms with E-state index in [4.69, 9.17) is 9.47 Å². The fourth-order valence-electron chi connectivity index (χ4n) is 2.41. The van der Waals surface area contributed by atoms with Gasteiger partial charge in [-0.2, -0.15) is 0 Å². The van der Waals surface area contributed by atoms with Crippen LogP contribution in [0.1, 0.15) is 5.56 Å². The van der Waals surface area contributed by atoms with Gasteiger partial charge in [-0.25, -0.2) is 4.98 Å². The largest absolute Gasteiger partial charge is 0.497 e. The maximum absolute atomic E-state index is 12.2. The Morgan fingerprint density at radius 3 is 2.63 bits per heavy atom. The molecule has 1 aromatic heterocycles. The Balaban J connectivity index is 1.65. The number of nitrogens with one attached hydrogen (secondary N) is 1. The average Bonchev–Trinajstić information content (AvgIpc) is 3.15. The number of aryl methyl sites for hydroxylation is 1. The number of carbonyl (C=O) groups excluding carboxylic acids is 1. The lowest BCUT2D eigenvalue weighted by Gasteiger charge is -2.08. The van der Waals surface area contributed by atoms with E-state index < -0.39 is 0 Å². The number of thiazole rings is 1. The summed E-state index contributed by atoms with van der Waals surface area (Å²) in [5.74, 6) is 1.67. The number of rotatable bonds is 7. The highest BCUT2D eigenvalue weighted by Gasteiger charge is 2.13. The quantitative estimate of drug-likeness (QED) is 0.574. The summed E-state index contributed by atoms with van der Waals surface area (Å²) < 4.78 is 10.7. The second kappa shape index (κ2) is 8.92. The van der Waals surface area contributed by atoms with Crippen molar-refractivity contribution in [2.45, 2.75) is 11.8 Å². The summed E-state index contributed by atoms with van der Waals surface area (Å²) >= 11 is 2.88. The number of anilines is 1. The monoisotopic (exact) mass is 400 g/mol. The Bertz CT molecular complexity index is 923. The van der Waals surface area contributed by atoms with Crippen molar-refractivity contribution in [2.75, 3.05) is 25.3 Å². The molecule has 1 heterocycles. The highest BCUT2D eigenvalue weighted by Crippen LogP contribution is 2.35. The smallest absolute Gasteiger partial charge is 0.236 e. The first-order chi connectivity index (χ1) is 13.1. The minimum absolute atomic E-state index is 0.0842. The predicted molar refractivity (Wildman–Crippen MR) is 111 cm³/mol. The molecule has 0 spiro atoms. The summed E-state index contributed by atoms with van der Waals surface area (Å²) in [6.45, 7) is 2.04. The summed E-state index contributed by atoms with van der Waals surface area (Å²) in [7, 11) is 3.23. The lowest BCUT2D eigenvalue weighted by atomic mass is 10.1. The van der Waals surface area contributed by atoms with Gasteiger partial charge in [0.25, 0.3) is 0 Å². The van der Waals surface area contributed by atoms with E-state index in [0.717, 1.165) is 21.9 Å². The third kappa shape index (κ3) is 5.02. The van der Waals surface area contributed by atoms with E-state index in [1.54, 1.807) is 14.2 Å². The van der Waals surface area contributed by atoms with Crippen molar-refractivity contribution in [3.8, 4) is 22.8 Å². The van der Waals surface area contributed by atoms with Crippen molar-refractivity contribution >= 4 is 34.1 Å². The molecule has 27 heavy (non-hydrogen) atoms. The van der Waals surface area contributed by atoms with Gasteiger partial charge in [-0.3, -0.25) is 4.79 Å². The first-order valence-corrected chi connectivity index (χ1v) is 10.1. The van der Waals surface area contributed by atoms with E-state index in [0.29, 0.717) is 16.6 Å². The highest BCUT2D eigenvalue weighted by atomic mass is 32.2. The maximum atomic E-state index is 12.2. The average molecular weight is 401 g/mol. The SMILES string of the molecule is COc1ccc(OC)c(-c2csc(NC(=O)CSc3ccc(C)cc3)n2)c1. The number of amides is 1. The Labute approximate surface area is 166 Å². The molecule has 0 unspecified atom stereocenters. The number of benzene rings is 2. The van der Waals surface area contributed by atoms with Crippen LogP contribution in [0.2, 0.25) is 0 Å². The normalized spacial score (nSPS) is 10.5. The zero-order valence-electron chi connectivity index (χ0n) is 15.3. The third-order valence-corrected chi connectivity index (χ3v) is 5.59. The van der Waals surface area contributed by atoms with Gasteiger partial charge in [-0.15, -0.1) is 23.1 Å².